The number of methoxy groups -OCH3 is 1. The zero-order valence-corrected chi connectivity index (χ0v) is 16.3. The molecule has 0 fully saturated rings. The van der Waals surface area contributed by atoms with E-state index in [4.69, 9.17) is 9.47 Å². The van der Waals surface area contributed by atoms with Crippen molar-refractivity contribution in [3.05, 3.63) is 66.7 Å². The molecule has 0 saturated carbocycles. The predicted octanol–water partition coefficient (Wildman–Crippen LogP) is 3.00. The Morgan fingerprint density at radius 3 is 2.63 bits per heavy atom. The summed E-state index contributed by atoms with van der Waals surface area (Å²) in [6.07, 6.45) is 0. The molecule has 30 heavy (non-hydrogen) atoms. The van der Waals surface area contributed by atoms with E-state index in [9.17, 15) is 4.79 Å². The normalized spacial score (nSPS) is 10.6. The maximum absolute atomic E-state index is 11.9. The van der Waals surface area contributed by atoms with E-state index in [-0.39, 0.29) is 12.6 Å². The largest absolute Gasteiger partial charge is 0.496 e. The molecule has 2 N–H and O–H groups in total. The Bertz CT molecular complexity index is 1150. The maximum atomic E-state index is 11.9. The first-order chi connectivity index (χ1) is 14.7. The summed E-state index contributed by atoms with van der Waals surface area (Å²) in [6, 6.07) is 19.9. The van der Waals surface area contributed by atoms with Crippen LogP contribution in [0.15, 0.2) is 66.7 Å². The summed E-state index contributed by atoms with van der Waals surface area (Å²) < 4.78 is 12.7. The van der Waals surface area contributed by atoms with Crippen LogP contribution in [0.5, 0.6) is 11.6 Å². The number of anilines is 1. The third-order valence-electron chi connectivity index (χ3n) is 4.26. The van der Waals surface area contributed by atoms with Gasteiger partial charge in [-0.25, -0.2) is 4.79 Å². The average molecular weight is 404 g/mol. The molecule has 0 aliphatic carbocycles. The zero-order valence-electron chi connectivity index (χ0n) is 16.3. The first-order valence-electron chi connectivity index (χ1n) is 9.33. The Morgan fingerprint density at radius 2 is 1.80 bits per heavy atom. The number of amides is 2. The highest BCUT2D eigenvalue weighted by Crippen LogP contribution is 2.28. The molecule has 0 spiro atoms. The molecule has 2 aromatic carbocycles. The van der Waals surface area contributed by atoms with Gasteiger partial charge >= 0.3 is 6.03 Å². The van der Waals surface area contributed by atoms with Crippen molar-refractivity contribution in [2.24, 2.45) is 0 Å². The number of benzene rings is 2. The summed E-state index contributed by atoms with van der Waals surface area (Å²) in [5.74, 6) is 1.62. The molecule has 0 radical (unpaired) electrons. The molecule has 2 amide bonds. The molecule has 4 rings (SSSR count). The number of para-hydroxylation sites is 2. The summed E-state index contributed by atoms with van der Waals surface area (Å²) >= 11 is 0. The highest BCUT2D eigenvalue weighted by molar-refractivity contribution is 5.89. The third kappa shape index (κ3) is 4.30. The number of aromatic nitrogens is 4. The Balaban J connectivity index is 1.39. The van der Waals surface area contributed by atoms with Crippen molar-refractivity contribution in [2.45, 2.75) is 0 Å². The highest BCUT2D eigenvalue weighted by atomic mass is 16.5. The quantitative estimate of drug-likeness (QED) is 0.459. The lowest BCUT2D eigenvalue weighted by Crippen LogP contribution is -2.32. The number of hydrogen-bond donors (Lipinski definition) is 2. The molecule has 9 heteroatoms. The van der Waals surface area contributed by atoms with Crippen molar-refractivity contribution in [3.63, 3.8) is 0 Å². The lowest BCUT2D eigenvalue weighted by atomic mass is 10.2. The van der Waals surface area contributed by atoms with Gasteiger partial charge in [-0.05, 0) is 30.3 Å². The first-order valence-corrected chi connectivity index (χ1v) is 9.33. The summed E-state index contributed by atoms with van der Waals surface area (Å²) in [5.41, 5.74) is 2.08. The topological polar surface area (TPSA) is 103 Å². The minimum Gasteiger partial charge on any atom is -0.496 e. The van der Waals surface area contributed by atoms with Crippen molar-refractivity contribution in [3.8, 4) is 23.0 Å². The van der Waals surface area contributed by atoms with E-state index in [1.165, 1.54) is 0 Å². The van der Waals surface area contributed by atoms with Gasteiger partial charge in [0.15, 0.2) is 11.5 Å². The minimum absolute atomic E-state index is 0.257. The standard InChI is InChI=1S/C21H20N6O3/c1-29-17-10-6-5-9-16(17)20-25-24-18-11-12-19(26-27(18)20)30-14-13-22-21(28)23-15-7-3-2-4-8-15/h2-12H,13-14H2,1H3,(H2,22,23,28). The molecule has 4 aromatic rings. The number of urea groups is 1. The molecule has 2 aromatic heterocycles. The second-order valence-corrected chi connectivity index (χ2v) is 6.26. The summed E-state index contributed by atoms with van der Waals surface area (Å²) in [6.45, 7) is 0.576. The Morgan fingerprint density at radius 1 is 1.00 bits per heavy atom. The van der Waals surface area contributed by atoms with Gasteiger partial charge < -0.3 is 20.1 Å². The number of nitrogens with zero attached hydrogens (tertiary/aromatic N) is 4. The molecule has 0 saturated heterocycles. The lowest BCUT2D eigenvalue weighted by Gasteiger charge is -2.09. The molecule has 0 aliphatic heterocycles. The molecular formula is C21H20N6O3. The van der Waals surface area contributed by atoms with Gasteiger partial charge in [-0.3, -0.25) is 0 Å². The van der Waals surface area contributed by atoms with Crippen molar-refractivity contribution >= 4 is 17.4 Å². The van der Waals surface area contributed by atoms with Gasteiger partial charge in [0.25, 0.3) is 0 Å². The zero-order chi connectivity index (χ0) is 20.8. The first kappa shape index (κ1) is 19.2. The average Bonchev–Trinajstić information content (AvgIpc) is 3.20. The van der Waals surface area contributed by atoms with Crippen molar-refractivity contribution in [1.29, 1.82) is 0 Å². The summed E-state index contributed by atoms with van der Waals surface area (Å²) in [5, 5.41) is 18.3. The molecule has 152 valence electrons. The van der Waals surface area contributed by atoms with E-state index in [0.717, 1.165) is 11.3 Å². The smallest absolute Gasteiger partial charge is 0.319 e. The van der Waals surface area contributed by atoms with Crippen molar-refractivity contribution in [1.82, 2.24) is 25.1 Å². The van der Waals surface area contributed by atoms with Gasteiger partial charge in [-0.2, -0.15) is 4.52 Å². The van der Waals surface area contributed by atoms with Crippen LogP contribution in [0.1, 0.15) is 0 Å². The summed E-state index contributed by atoms with van der Waals surface area (Å²) in [4.78, 5) is 11.9. The molecule has 0 atom stereocenters. The van der Waals surface area contributed by atoms with Crippen LogP contribution in [-0.4, -0.2) is 46.1 Å². The fraction of sp³-hybridized carbons (Fsp3) is 0.143. The van der Waals surface area contributed by atoms with Gasteiger partial charge in [0.05, 0.1) is 19.2 Å². The number of carbonyl (C=O) groups is 1. The second kappa shape index (κ2) is 8.91. The number of ether oxygens (including phenoxy) is 2. The molecule has 0 unspecified atom stereocenters. The van der Waals surface area contributed by atoms with Crippen molar-refractivity contribution in [2.75, 3.05) is 25.6 Å². The van der Waals surface area contributed by atoms with Gasteiger partial charge in [0.2, 0.25) is 5.88 Å². The van der Waals surface area contributed by atoms with Gasteiger partial charge in [-0.1, -0.05) is 30.3 Å². The molecule has 9 nitrogen and oxygen atoms in total. The van der Waals surface area contributed by atoms with E-state index in [1.54, 1.807) is 23.8 Å². The van der Waals surface area contributed by atoms with E-state index >= 15 is 0 Å². The molecule has 2 heterocycles. The Kier molecular flexibility index (Phi) is 5.70. The maximum Gasteiger partial charge on any atom is 0.319 e. The number of nitrogens with one attached hydrogen (secondary N) is 2. The van der Waals surface area contributed by atoms with Crippen molar-refractivity contribution < 1.29 is 14.3 Å². The molecular weight excluding hydrogens is 384 g/mol. The van der Waals surface area contributed by atoms with Gasteiger partial charge in [-0.15, -0.1) is 15.3 Å². The van der Waals surface area contributed by atoms with Crippen LogP contribution in [0.3, 0.4) is 0 Å². The minimum atomic E-state index is -0.300. The number of fused-ring (bicyclic) bond motifs is 1. The Hall–Kier alpha value is -4.14. The number of hydrogen-bond acceptors (Lipinski definition) is 6. The fourth-order valence-electron chi connectivity index (χ4n) is 2.86. The van der Waals surface area contributed by atoms with E-state index in [0.29, 0.717) is 29.6 Å². The molecule has 0 aliphatic rings. The van der Waals surface area contributed by atoms with Crippen LogP contribution in [0.4, 0.5) is 10.5 Å². The number of rotatable bonds is 7. The predicted molar refractivity (Wildman–Crippen MR) is 112 cm³/mol. The third-order valence-corrected chi connectivity index (χ3v) is 4.26. The van der Waals surface area contributed by atoms with Crippen LogP contribution in [-0.2, 0) is 0 Å². The van der Waals surface area contributed by atoms with E-state index in [1.807, 2.05) is 54.6 Å². The second-order valence-electron chi connectivity index (χ2n) is 6.26. The summed E-state index contributed by atoms with van der Waals surface area (Å²) in [7, 11) is 1.60. The SMILES string of the molecule is COc1ccccc1-c1nnc2ccc(OCCNC(=O)Nc3ccccc3)nn12. The number of carbonyl (C=O) groups excluding carboxylic acids is 1. The Labute approximate surface area is 172 Å². The highest BCUT2D eigenvalue weighted by Gasteiger charge is 2.14. The van der Waals surface area contributed by atoms with Crippen LogP contribution < -0.4 is 20.1 Å². The van der Waals surface area contributed by atoms with Crippen LogP contribution in [0, 0.1) is 0 Å². The lowest BCUT2D eigenvalue weighted by molar-refractivity contribution is 0.246. The van der Waals surface area contributed by atoms with Crippen LogP contribution in [0.25, 0.3) is 17.0 Å². The molecule has 0 bridgehead atoms. The van der Waals surface area contributed by atoms with Crippen LogP contribution in [0.2, 0.25) is 0 Å². The monoisotopic (exact) mass is 404 g/mol. The fourth-order valence-corrected chi connectivity index (χ4v) is 2.86. The van der Waals surface area contributed by atoms with E-state index in [2.05, 4.69) is 25.9 Å². The van der Waals surface area contributed by atoms with Crippen LogP contribution >= 0.6 is 0 Å². The van der Waals surface area contributed by atoms with Gasteiger partial charge in [0.1, 0.15) is 12.4 Å². The van der Waals surface area contributed by atoms with E-state index < -0.39 is 0 Å². The van der Waals surface area contributed by atoms with Gasteiger partial charge in [0, 0.05) is 11.8 Å².